The molecule has 1 aliphatic rings. The van der Waals surface area contributed by atoms with Gasteiger partial charge in [0.2, 0.25) is 0 Å². The monoisotopic (exact) mass is 279 g/mol. The highest BCUT2D eigenvalue weighted by molar-refractivity contribution is 7.99. The van der Waals surface area contributed by atoms with Crippen LogP contribution >= 0.6 is 11.8 Å². The van der Waals surface area contributed by atoms with Crippen molar-refractivity contribution in [1.82, 2.24) is 0 Å². The quantitative estimate of drug-likeness (QED) is 0.823. The topological polar surface area (TPSA) is 46.2 Å². The molecule has 0 aromatic heterocycles. The number of nitrogen functional groups attached to an aromatic ring is 1. The van der Waals surface area contributed by atoms with Gasteiger partial charge in [0.15, 0.2) is 0 Å². The molecule has 0 aliphatic carbocycles. The minimum absolute atomic E-state index is 0.0639. The molecule has 2 rings (SSSR count). The number of hydrogen-bond acceptors (Lipinski definition) is 3. The molecule has 0 radical (unpaired) electrons. The van der Waals surface area contributed by atoms with Crippen molar-refractivity contribution in [2.45, 2.75) is 57.0 Å². The van der Waals surface area contributed by atoms with Gasteiger partial charge < -0.3 is 10.8 Å². The lowest BCUT2D eigenvalue weighted by molar-refractivity contribution is 0.0310. The average molecular weight is 279 g/mol. The van der Waals surface area contributed by atoms with E-state index in [4.69, 9.17) is 5.73 Å². The van der Waals surface area contributed by atoms with E-state index < -0.39 is 0 Å². The zero-order valence-electron chi connectivity index (χ0n) is 12.0. The van der Waals surface area contributed by atoms with Gasteiger partial charge in [0.25, 0.3) is 0 Å². The van der Waals surface area contributed by atoms with E-state index in [1.54, 1.807) is 0 Å². The Morgan fingerprint density at radius 2 is 2.21 bits per heavy atom. The first-order valence-corrected chi connectivity index (χ1v) is 8.29. The minimum Gasteiger partial charge on any atom is -0.399 e. The molecule has 0 saturated carbocycles. The Morgan fingerprint density at radius 1 is 1.42 bits per heavy atom. The molecule has 1 aromatic carbocycles. The lowest BCUT2D eigenvalue weighted by Crippen LogP contribution is -2.37. The molecule has 0 unspecified atom stereocenters. The number of thioether (sulfide) groups is 1. The van der Waals surface area contributed by atoms with Crippen molar-refractivity contribution in [3.05, 3.63) is 23.8 Å². The van der Waals surface area contributed by atoms with E-state index in [1.165, 1.54) is 23.3 Å². The molecule has 2 atom stereocenters. The minimum atomic E-state index is -0.250. The first kappa shape index (κ1) is 14.7. The first-order chi connectivity index (χ1) is 9.11. The molecule has 1 aliphatic heterocycles. The average Bonchev–Trinajstić information content (AvgIpc) is 2.53. The Bertz CT molecular complexity index is 435. The van der Waals surface area contributed by atoms with E-state index in [-0.39, 0.29) is 11.5 Å². The molecule has 3 N–H and O–H groups in total. The van der Waals surface area contributed by atoms with Gasteiger partial charge in [-0.1, -0.05) is 26.7 Å². The van der Waals surface area contributed by atoms with Crippen molar-refractivity contribution in [2.24, 2.45) is 5.41 Å². The maximum absolute atomic E-state index is 10.7. The molecule has 0 bridgehead atoms. The van der Waals surface area contributed by atoms with Crippen LogP contribution < -0.4 is 5.73 Å². The zero-order chi connectivity index (χ0) is 13.9. The molecule has 0 saturated heterocycles. The molecular weight excluding hydrogens is 254 g/mol. The van der Waals surface area contributed by atoms with Crippen LogP contribution in [0.4, 0.5) is 5.69 Å². The molecule has 1 heterocycles. The van der Waals surface area contributed by atoms with Gasteiger partial charge in [0, 0.05) is 28.2 Å². The maximum Gasteiger partial charge on any atom is 0.0645 e. The summed E-state index contributed by atoms with van der Waals surface area (Å²) in [4.78, 5) is 1.29. The molecular formula is C16H25NOS. The number of unbranched alkanes of at least 4 members (excludes halogenated alkanes) is 1. The van der Waals surface area contributed by atoms with Crippen LogP contribution in [0, 0.1) is 5.41 Å². The van der Waals surface area contributed by atoms with Crippen molar-refractivity contribution in [3.63, 3.8) is 0 Å². The van der Waals surface area contributed by atoms with E-state index in [1.807, 2.05) is 23.9 Å². The zero-order valence-corrected chi connectivity index (χ0v) is 12.8. The maximum atomic E-state index is 10.7. The summed E-state index contributed by atoms with van der Waals surface area (Å²) in [6.45, 7) is 4.43. The van der Waals surface area contributed by atoms with Gasteiger partial charge in [-0.3, -0.25) is 0 Å². The fraction of sp³-hybridized carbons (Fsp3) is 0.625. The highest BCUT2D eigenvalue weighted by atomic mass is 32.2. The van der Waals surface area contributed by atoms with Crippen LogP contribution in [0.25, 0.3) is 0 Å². The van der Waals surface area contributed by atoms with Gasteiger partial charge in [0.1, 0.15) is 0 Å². The SMILES string of the molecule is CCCC[C@]1(CC)CSc2ccc(N)cc2C[C@H]1O. The van der Waals surface area contributed by atoms with Crippen LogP contribution in [-0.2, 0) is 6.42 Å². The number of aliphatic hydroxyl groups is 1. The van der Waals surface area contributed by atoms with E-state index in [9.17, 15) is 5.11 Å². The van der Waals surface area contributed by atoms with Crippen LogP contribution in [0.3, 0.4) is 0 Å². The van der Waals surface area contributed by atoms with E-state index in [2.05, 4.69) is 19.9 Å². The van der Waals surface area contributed by atoms with Crippen LogP contribution in [0.15, 0.2) is 23.1 Å². The Morgan fingerprint density at radius 3 is 2.89 bits per heavy atom. The summed E-state index contributed by atoms with van der Waals surface area (Å²) in [6.07, 6.45) is 5.05. The highest BCUT2D eigenvalue weighted by Gasteiger charge is 2.38. The smallest absolute Gasteiger partial charge is 0.0645 e. The van der Waals surface area contributed by atoms with Crippen molar-refractivity contribution in [1.29, 1.82) is 0 Å². The Labute approximate surface area is 120 Å². The van der Waals surface area contributed by atoms with Crippen LogP contribution in [-0.4, -0.2) is 17.0 Å². The molecule has 106 valence electrons. The summed E-state index contributed by atoms with van der Waals surface area (Å²) in [6, 6.07) is 6.09. The van der Waals surface area contributed by atoms with Gasteiger partial charge in [0.05, 0.1) is 6.10 Å². The number of nitrogens with two attached hydrogens (primary N) is 1. The lowest BCUT2D eigenvalue weighted by atomic mass is 9.75. The molecule has 0 amide bonds. The third-order valence-electron chi connectivity index (χ3n) is 4.45. The van der Waals surface area contributed by atoms with Gasteiger partial charge in [-0.05, 0) is 36.6 Å². The standard InChI is InChI=1S/C16H25NOS/c1-3-5-8-16(4-2)11-19-14-7-6-13(17)9-12(14)10-15(16)18/h6-7,9,15,18H,3-5,8,10-11,17H2,1-2H3/t15-,16-/m1/s1. The van der Waals surface area contributed by atoms with Gasteiger partial charge in [-0.15, -0.1) is 11.8 Å². The molecule has 2 nitrogen and oxygen atoms in total. The summed E-state index contributed by atoms with van der Waals surface area (Å²) >= 11 is 1.89. The number of rotatable bonds is 4. The van der Waals surface area contributed by atoms with E-state index >= 15 is 0 Å². The van der Waals surface area contributed by atoms with Crippen LogP contribution in [0.2, 0.25) is 0 Å². The second-order valence-electron chi connectivity index (χ2n) is 5.70. The molecule has 1 aromatic rings. The molecule has 3 heteroatoms. The normalized spacial score (nSPS) is 26.8. The van der Waals surface area contributed by atoms with Crippen molar-refractivity contribution in [3.8, 4) is 0 Å². The fourth-order valence-electron chi connectivity index (χ4n) is 2.92. The van der Waals surface area contributed by atoms with Gasteiger partial charge in [-0.25, -0.2) is 0 Å². The van der Waals surface area contributed by atoms with Gasteiger partial charge >= 0.3 is 0 Å². The Kier molecular flexibility index (Phi) is 4.80. The second-order valence-corrected chi connectivity index (χ2v) is 6.71. The van der Waals surface area contributed by atoms with Crippen molar-refractivity contribution >= 4 is 17.4 Å². The number of fused-ring (bicyclic) bond motifs is 1. The van der Waals surface area contributed by atoms with Crippen molar-refractivity contribution in [2.75, 3.05) is 11.5 Å². The third-order valence-corrected chi connectivity index (χ3v) is 5.88. The summed E-state index contributed by atoms with van der Waals surface area (Å²) in [7, 11) is 0. The second kappa shape index (κ2) is 6.19. The number of hydrogen-bond donors (Lipinski definition) is 2. The molecule has 0 fully saturated rings. The first-order valence-electron chi connectivity index (χ1n) is 7.30. The largest absolute Gasteiger partial charge is 0.399 e. The van der Waals surface area contributed by atoms with E-state index in [0.717, 1.165) is 30.7 Å². The summed E-state index contributed by atoms with van der Waals surface area (Å²) < 4.78 is 0. The van der Waals surface area contributed by atoms with Gasteiger partial charge in [-0.2, -0.15) is 0 Å². The number of benzene rings is 1. The van der Waals surface area contributed by atoms with E-state index in [0.29, 0.717) is 0 Å². The Hall–Kier alpha value is -0.670. The highest BCUT2D eigenvalue weighted by Crippen LogP contribution is 2.44. The lowest BCUT2D eigenvalue weighted by Gasteiger charge is -2.36. The van der Waals surface area contributed by atoms with Crippen molar-refractivity contribution < 1.29 is 5.11 Å². The number of aliphatic hydroxyl groups excluding tert-OH is 1. The molecule has 19 heavy (non-hydrogen) atoms. The predicted molar refractivity (Wildman–Crippen MR) is 83.5 cm³/mol. The predicted octanol–water partition coefficient (Wildman–Crippen LogP) is 3.86. The van der Waals surface area contributed by atoms with Crippen LogP contribution in [0.1, 0.15) is 45.1 Å². The molecule has 0 spiro atoms. The third kappa shape index (κ3) is 3.09. The van der Waals surface area contributed by atoms with Crippen LogP contribution in [0.5, 0.6) is 0 Å². The summed E-state index contributed by atoms with van der Waals surface area (Å²) in [5.74, 6) is 1.02. The summed E-state index contributed by atoms with van der Waals surface area (Å²) in [5, 5.41) is 10.7. The summed E-state index contributed by atoms with van der Waals surface area (Å²) in [5.41, 5.74) is 7.94. The number of anilines is 1. The fourth-order valence-corrected chi connectivity index (χ4v) is 4.40. The Balaban J connectivity index is 2.25.